The SMILES string of the molecule is CCCn1c(SCC=C(C)C(=O)OC)n[nH]c1=O. The molecule has 0 saturated carbocycles. The summed E-state index contributed by atoms with van der Waals surface area (Å²) in [4.78, 5) is 22.6. The van der Waals surface area contributed by atoms with Crippen LogP contribution in [-0.2, 0) is 16.1 Å². The van der Waals surface area contributed by atoms with Crippen LogP contribution >= 0.6 is 11.8 Å². The number of carbonyl (C=O) groups excluding carboxylic acids is 1. The monoisotopic (exact) mass is 271 g/mol. The van der Waals surface area contributed by atoms with Crippen molar-refractivity contribution in [3.8, 4) is 0 Å². The number of thioether (sulfide) groups is 1. The third kappa shape index (κ3) is 3.76. The van der Waals surface area contributed by atoms with E-state index in [9.17, 15) is 9.59 Å². The van der Waals surface area contributed by atoms with Crippen LogP contribution in [-0.4, -0.2) is 33.6 Å². The summed E-state index contributed by atoms with van der Waals surface area (Å²) in [6.45, 7) is 4.32. The largest absolute Gasteiger partial charge is 0.466 e. The molecule has 0 spiro atoms. The molecule has 18 heavy (non-hydrogen) atoms. The number of ether oxygens (including phenoxy) is 1. The molecule has 0 aliphatic carbocycles. The van der Waals surface area contributed by atoms with E-state index in [-0.39, 0.29) is 11.7 Å². The van der Waals surface area contributed by atoms with Crippen molar-refractivity contribution in [2.75, 3.05) is 12.9 Å². The molecule has 0 amide bonds. The summed E-state index contributed by atoms with van der Waals surface area (Å²) in [6, 6.07) is 0. The zero-order valence-electron chi connectivity index (χ0n) is 10.7. The first kappa shape index (κ1) is 14.6. The van der Waals surface area contributed by atoms with Gasteiger partial charge in [-0.2, -0.15) is 0 Å². The van der Waals surface area contributed by atoms with Crippen molar-refractivity contribution in [2.24, 2.45) is 0 Å². The third-order valence-electron chi connectivity index (χ3n) is 2.28. The number of esters is 1. The molecule has 0 aliphatic rings. The molecule has 0 fully saturated rings. The molecule has 0 aromatic carbocycles. The fourth-order valence-corrected chi connectivity index (χ4v) is 2.24. The number of hydrogen-bond acceptors (Lipinski definition) is 5. The van der Waals surface area contributed by atoms with Gasteiger partial charge in [0.25, 0.3) is 0 Å². The van der Waals surface area contributed by atoms with Crippen molar-refractivity contribution in [2.45, 2.75) is 32.0 Å². The number of aromatic amines is 1. The number of carbonyl (C=O) groups is 1. The Labute approximate surface area is 109 Å². The van der Waals surface area contributed by atoms with E-state index in [2.05, 4.69) is 14.9 Å². The Morgan fingerprint density at radius 3 is 2.94 bits per heavy atom. The van der Waals surface area contributed by atoms with Gasteiger partial charge in [0.05, 0.1) is 7.11 Å². The smallest absolute Gasteiger partial charge is 0.343 e. The molecule has 0 radical (unpaired) electrons. The Balaban J connectivity index is 2.64. The fourth-order valence-electron chi connectivity index (χ4n) is 1.32. The van der Waals surface area contributed by atoms with Crippen LogP contribution in [0.5, 0.6) is 0 Å². The Morgan fingerprint density at radius 2 is 2.33 bits per heavy atom. The lowest BCUT2D eigenvalue weighted by molar-refractivity contribution is -0.136. The van der Waals surface area contributed by atoms with E-state index in [0.29, 0.717) is 23.0 Å². The van der Waals surface area contributed by atoms with Crippen molar-refractivity contribution in [1.29, 1.82) is 0 Å². The molecule has 0 saturated heterocycles. The lowest BCUT2D eigenvalue weighted by Gasteiger charge is -2.02. The summed E-state index contributed by atoms with van der Waals surface area (Å²) >= 11 is 1.40. The Kier molecular flexibility index (Phi) is 5.70. The lowest BCUT2D eigenvalue weighted by atomic mass is 10.3. The Morgan fingerprint density at radius 1 is 1.61 bits per heavy atom. The number of nitrogens with one attached hydrogen (secondary N) is 1. The quantitative estimate of drug-likeness (QED) is 0.478. The predicted octanol–water partition coefficient (Wildman–Crippen LogP) is 1.19. The third-order valence-corrected chi connectivity index (χ3v) is 3.18. The van der Waals surface area contributed by atoms with E-state index in [1.54, 1.807) is 17.6 Å². The molecule has 100 valence electrons. The van der Waals surface area contributed by atoms with Crippen molar-refractivity contribution in [3.63, 3.8) is 0 Å². The summed E-state index contributed by atoms with van der Waals surface area (Å²) in [7, 11) is 1.35. The second kappa shape index (κ2) is 7.05. The number of hydrogen-bond donors (Lipinski definition) is 1. The van der Waals surface area contributed by atoms with E-state index in [1.807, 2.05) is 6.92 Å². The zero-order valence-corrected chi connectivity index (χ0v) is 11.5. The summed E-state index contributed by atoms with van der Waals surface area (Å²) in [5, 5.41) is 6.99. The summed E-state index contributed by atoms with van der Waals surface area (Å²) in [5.41, 5.74) is 0.345. The highest BCUT2D eigenvalue weighted by atomic mass is 32.2. The standard InChI is InChI=1S/C11H17N3O3S/c1-4-6-14-10(16)12-13-11(14)18-7-5-8(2)9(15)17-3/h5H,4,6-7H2,1-3H3,(H,12,16). The Bertz CT molecular complexity index is 490. The van der Waals surface area contributed by atoms with Crippen LogP contribution in [0.1, 0.15) is 20.3 Å². The van der Waals surface area contributed by atoms with Gasteiger partial charge in [-0.15, -0.1) is 5.10 Å². The van der Waals surface area contributed by atoms with Gasteiger partial charge in [0.2, 0.25) is 0 Å². The Hall–Kier alpha value is -1.50. The molecule has 0 aliphatic heterocycles. The van der Waals surface area contributed by atoms with Crippen LogP contribution < -0.4 is 5.69 Å². The van der Waals surface area contributed by atoms with Gasteiger partial charge in [0.1, 0.15) is 0 Å². The van der Waals surface area contributed by atoms with Crippen LogP contribution in [0.15, 0.2) is 21.6 Å². The minimum atomic E-state index is -0.344. The molecule has 0 atom stereocenters. The van der Waals surface area contributed by atoms with Gasteiger partial charge in [-0.05, 0) is 13.3 Å². The van der Waals surface area contributed by atoms with Crippen LogP contribution in [0, 0.1) is 0 Å². The van der Waals surface area contributed by atoms with Gasteiger partial charge in [-0.3, -0.25) is 4.57 Å². The van der Waals surface area contributed by atoms with Crippen LogP contribution in [0.4, 0.5) is 0 Å². The molecule has 7 heteroatoms. The molecule has 1 N–H and O–H groups in total. The first-order valence-corrected chi connectivity index (χ1v) is 6.61. The van der Waals surface area contributed by atoms with E-state index in [1.165, 1.54) is 18.9 Å². The second-order valence-corrected chi connectivity index (χ2v) is 4.64. The number of nitrogens with zero attached hydrogens (tertiary/aromatic N) is 2. The first-order valence-electron chi connectivity index (χ1n) is 5.63. The van der Waals surface area contributed by atoms with E-state index in [0.717, 1.165) is 6.42 Å². The summed E-state index contributed by atoms with van der Waals surface area (Å²) in [5.74, 6) is 0.221. The number of H-pyrrole nitrogens is 1. The molecule has 1 heterocycles. The zero-order chi connectivity index (χ0) is 13.5. The van der Waals surface area contributed by atoms with Crippen molar-refractivity contribution in [3.05, 3.63) is 22.1 Å². The van der Waals surface area contributed by atoms with Gasteiger partial charge in [-0.1, -0.05) is 24.8 Å². The molecule has 1 rings (SSSR count). The summed E-state index contributed by atoms with van der Waals surface area (Å²) in [6.07, 6.45) is 2.62. The molecular formula is C11H17N3O3S. The lowest BCUT2D eigenvalue weighted by Crippen LogP contribution is -2.17. The van der Waals surface area contributed by atoms with Gasteiger partial charge >= 0.3 is 11.7 Å². The molecule has 0 bridgehead atoms. The van der Waals surface area contributed by atoms with E-state index < -0.39 is 0 Å². The fraction of sp³-hybridized carbons (Fsp3) is 0.545. The van der Waals surface area contributed by atoms with Gasteiger partial charge in [0.15, 0.2) is 5.16 Å². The van der Waals surface area contributed by atoms with Crippen molar-refractivity contribution >= 4 is 17.7 Å². The van der Waals surface area contributed by atoms with Crippen molar-refractivity contribution in [1.82, 2.24) is 14.8 Å². The highest BCUT2D eigenvalue weighted by molar-refractivity contribution is 7.99. The van der Waals surface area contributed by atoms with Crippen molar-refractivity contribution < 1.29 is 9.53 Å². The molecule has 1 aromatic heterocycles. The topological polar surface area (TPSA) is 77.0 Å². The van der Waals surface area contributed by atoms with Crippen LogP contribution in [0.2, 0.25) is 0 Å². The number of methoxy groups -OCH3 is 1. The minimum Gasteiger partial charge on any atom is -0.466 e. The second-order valence-electron chi connectivity index (χ2n) is 3.65. The van der Waals surface area contributed by atoms with Crippen LogP contribution in [0.3, 0.4) is 0 Å². The normalized spacial score (nSPS) is 11.6. The first-order chi connectivity index (χ1) is 8.60. The maximum atomic E-state index is 11.4. The van der Waals surface area contributed by atoms with E-state index >= 15 is 0 Å². The maximum Gasteiger partial charge on any atom is 0.343 e. The molecule has 0 unspecified atom stereocenters. The highest BCUT2D eigenvalue weighted by Gasteiger charge is 2.08. The van der Waals surface area contributed by atoms with Gasteiger partial charge in [0, 0.05) is 17.9 Å². The number of rotatable bonds is 6. The molecule has 1 aromatic rings. The average Bonchev–Trinajstić information content (AvgIpc) is 2.71. The van der Waals surface area contributed by atoms with E-state index in [4.69, 9.17) is 0 Å². The predicted molar refractivity (Wildman–Crippen MR) is 69.6 cm³/mol. The number of aromatic nitrogens is 3. The summed E-state index contributed by atoms with van der Waals surface area (Å²) < 4.78 is 6.18. The highest BCUT2D eigenvalue weighted by Crippen LogP contribution is 2.14. The van der Waals surface area contributed by atoms with Gasteiger partial charge < -0.3 is 4.74 Å². The molecular weight excluding hydrogens is 254 g/mol. The minimum absolute atomic E-state index is 0.201. The molecule has 6 nitrogen and oxygen atoms in total. The van der Waals surface area contributed by atoms with Gasteiger partial charge in [-0.25, -0.2) is 14.7 Å². The maximum absolute atomic E-state index is 11.4. The van der Waals surface area contributed by atoms with Crippen LogP contribution in [0.25, 0.3) is 0 Å². The average molecular weight is 271 g/mol.